The second kappa shape index (κ2) is 4.49. The zero-order chi connectivity index (χ0) is 13.6. The molecule has 19 heavy (non-hydrogen) atoms. The van der Waals surface area contributed by atoms with Crippen LogP contribution in [0.3, 0.4) is 0 Å². The first-order chi connectivity index (χ1) is 9.04. The van der Waals surface area contributed by atoms with Crippen molar-refractivity contribution in [3.63, 3.8) is 0 Å². The Kier molecular flexibility index (Phi) is 2.94. The molecule has 2 aromatic carbocycles. The molecule has 0 amide bonds. The summed E-state index contributed by atoms with van der Waals surface area (Å²) in [6, 6.07) is 10.6. The van der Waals surface area contributed by atoms with Gasteiger partial charge in [0.2, 0.25) is 0 Å². The second-order valence-electron chi connectivity index (χ2n) is 5.02. The predicted molar refractivity (Wildman–Crippen MR) is 83.4 cm³/mol. The van der Waals surface area contributed by atoms with Crippen LogP contribution in [-0.4, -0.2) is 9.97 Å². The van der Waals surface area contributed by atoms with Crippen molar-refractivity contribution in [3.8, 4) is 11.4 Å². The Morgan fingerprint density at radius 3 is 2.58 bits per heavy atom. The quantitative estimate of drug-likeness (QED) is 0.678. The summed E-state index contributed by atoms with van der Waals surface area (Å²) in [4.78, 5) is 8.18. The van der Waals surface area contributed by atoms with Crippen molar-refractivity contribution in [2.45, 2.75) is 20.8 Å². The molecule has 2 nitrogen and oxygen atoms in total. The first-order valence-electron chi connectivity index (χ1n) is 6.28. The van der Waals surface area contributed by atoms with Crippen LogP contribution in [0.15, 0.2) is 34.8 Å². The van der Waals surface area contributed by atoms with Gasteiger partial charge < -0.3 is 4.98 Å². The highest BCUT2D eigenvalue weighted by Gasteiger charge is 2.10. The fourth-order valence-corrected chi connectivity index (χ4v) is 2.81. The molecule has 0 saturated heterocycles. The monoisotopic (exact) mass is 314 g/mol. The molecule has 0 aliphatic rings. The van der Waals surface area contributed by atoms with Gasteiger partial charge in [0.25, 0.3) is 0 Å². The van der Waals surface area contributed by atoms with Crippen LogP contribution in [-0.2, 0) is 0 Å². The Morgan fingerprint density at radius 2 is 1.79 bits per heavy atom. The molecular weight excluding hydrogens is 300 g/mol. The maximum atomic E-state index is 4.75. The molecule has 0 aliphatic heterocycles. The number of benzene rings is 2. The highest BCUT2D eigenvalue weighted by atomic mass is 79.9. The number of imidazole rings is 1. The number of hydrogen-bond donors (Lipinski definition) is 1. The van der Waals surface area contributed by atoms with Crippen LogP contribution in [0, 0.1) is 20.8 Å². The van der Waals surface area contributed by atoms with E-state index in [-0.39, 0.29) is 0 Å². The first kappa shape index (κ1) is 12.4. The molecule has 0 bridgehead atoms. The number of nitrogens with zero attached hydrogens (tertiary/aromatic N) is 1. The fourth-order valence-electron chi connectivity index (χ4n) is 2.45. The van der Waals surface area contributed by atoms with Crippen LogP contribution in [0.25, 0.3) is 22.4 Å². The van der Waals surface area contributed by atoms with E-state index in [9.17, 15) is 0 Å². The van der Waals surface area contributed by atoms with E-state index >= 15 is 0 Å². The molecule has 3 aromatic rings. The van der Waals surface area contributed by atoms with E-state index in [0.29, 0.717) is 0 Å². The first-order valence-corrected chi connectivity index (χ1v) is 7.07. The van der Waals surface area contributed by atoms with Gasteiger partial charge in [0.1, 0.15) is 5.82 Å². The number of aryl methyl sites for hydroxylation is 3. The molecule has 3 heteroatoms. The van der Waals surface area contributed by atoms with E-state index in [2.05, 4.69) is 72.0 Å². The lowest BCUT2D eigenvalue weighted by atomic mass is 10.1. The molecule has 96 valence electrons. The van der Waals surface area contributed by atoms with Gasteiger partial charge in [-0.05, 0) is 55.7 Å². The van der Waals surface area contributed by atoms with Crippen molar-refractivity contribution in [3.05, 3.63) is 51.5 Å². The van der Waals surface area contributed by atoms with Gasteiger partial charge in [0.05, 0.1) is 11.0 Å². The lowest BCUT2D eigenvalue weighted by Crippen LogP contribution is -1.85. The summed E-state index contributed by atoms with van der Waals surface area (Å²) in [6.45, 7) is 6.32. The van der Waals surface area contributed by atoms with Crippen molar-refractivity contribution in [1.82, 2.24) is 9.97 Å². The minimum atomic E-state index is 0.933. The molecule has 0 unspecified atom stereocenters. The van der Waals surface area contributed by atoms with Crippen LogP contribution >= 0.6 is 15.9 Å². The second-order valence-corrected chi connectivity index (χ2v) is 5.94. The van der Waals surface area contributed by atoms with Crippen LogP contribution in [0.1, 0.15) is 16.7 Å². The standard InChI is InChI=1S/C16H15BrN2/c1-9-6-11(3)15-14(7-9)18-16(19-15)13-8-12(17)5-4-10(13)2/h4-8H,1-3H3,(H,18,19). The highest BCUT2D eigenvalue weighted by Crippen LogP contribution is 2.28. The normalized spacial score (nSPS) is 11.2. The topological polar surface area (TPSA) is 28.7 Å². The number of hydrogen-bond acceptors (Lipinski definition) is 1. The smallest absolute Gasteiger partial charge is 0.138 e. The molecule has 1 heterocycles. The van der Waals surface area contributed by atoms with Crippen LogP contribution in [0.2, 0.25) is 0 Å². The number of nitrogens with one attached hydrogen (secondary N) is 1. The summed E-state index contributed by atoms with van der Waals surface area (Å²) >= 11 is 3.52. The molecule has 0 radical (unpaired) electrons. The van der Waals surface area contributed by atoms with E-state index in [1.165, 1.54) is 16.7 Å². The van der Waals surface area contributed by atoms with Gasteiger partial charge in [-0.15, -0.1) is 0 Å². The Morgan fingerprint density at radius 1 is 1.00 bits per heavy atom. The summed E-state index contributed by atoms with van der Waals surface area (Å²) in [6.07, 6.45) is 0. The summed E-state index contributed by atoms with van der Waals surface area (Å²) in [5.41, 5.74) is 6.99. The minimum absolute atomic E-state index is 0.933. The summed E-state index contributed by atoms with van der Waals surface area (Å²) in [7, 11) is 0. The zero-order valence-electron chi connectivity index (χ0n) is 11.2. The SMILES string of the molecule is Cc1cc(C)c2nc(-c3cc(Br)ccc3C)[nH]c2c1. The number of halogens is 1. The lowest BCUT2D eigenvalue weighted by Gasteiger charge is -2.02. The molecule has 0 aliphatic carbocycles. The molecule has 0 spiro atoms. The number of H-pyrrole nitrogens is 1. The molecule has 1 N–H and O–H groups in total. The van der Waals surface area contributed by atoms with Crippen molar-refractivity contribution in [2.24, 2.45) is 0 Å². The van der Waals surface area contributed by atoms with Gasteiger partial charge in [-0.1, -0.05) is 28.1 Å². The third-order valence-electron chi connectivity index (χ3n) is 3.38. The maximum absolute atomic E-state index is 4.75. The van der Waals surface area contributed by atoms with Crippen molar-refractivity contribution in [2.75, 3.05) is 0 Å². The van der Waals surface area contributed by atoms with Gasteiger partial charge in [0, 0.05) is 10.0 Å². The van der Waals surface area contributed by atoms with E-state index in [0.717, 1.165) is 26.9 Å². The molecule has 1 aromatic heterocycles. The van der Waals surface area contributed by atoms with Crippen LogP contribution < -0.4 is 0 Å². The predicted octanol–water partition coefficient (Wildman–Crippen LogP) is 4.92. The maximum Gasteiger partial charge on any atom is 0.138 e. The molecular formula is C16H15BrN2. The number of aromatic amines is 1. The number of rotatable bonds is 1. The van der Waals surface area contributed by atoms with Gasteiger partial charge in [0.15, 0.2) is 0 Å². The molecule has 0 fully saturated rings. The lowest BCUT2D eigenvalue weighted by molar-refractivity contribution is 1.30. The molecule has 0 saturated carbocycles. The Labute approximate surface area is 121 Å². The summed E-state index contributed by atoms with van der Waals surface area (Å²) < 4.78 is 1.07. The van der Waals surface area contributed by atoms with Gasteiger partial charge >= 0.3 is 0 Å². The summed E-state index contributed by atoms with van der Waals surface area (Å²) in [5.74, 6) is 0.933. The molecule has 3 rings (SSSR count). The highest BCUT2D eigenvalue weighted by molar-refractivity contribution is 9.10. The van der Waals surface area contributed by atoms with E-state index in [4.69, 9.17) is 4.98 Å². The Balaban J connectivity index is 2.26. The Hall–Kier alpha value is -1.61. The van der Waals surface area contributed by atoms with E-state index in [1.54, 1.807) is 0 Å². The van der Waals surface area contributed by atoms with Gasteiger partial charge in [-0.3, -0.25) is 0 Å². The van der Waals surface area contributed by atoms with Crippen LogP contribution in [0.4, 0.5) is 0 Å². The van der Waals surface area contributed by atoms with Crippen LogP contribution in [0.5, 0.6) is 0 Å². The summed E-state index contributed by atoms with van der Waals surface area (Å²) in [5, 5.41) is 0. The third-order valence-corrected chi connectivity index (χ3v) is 3.87. The average Bonchev–Trinajstić information content (AvgIpc) is 2.76. The number of aromatic nitrogens is 2. The minimum Gasteiger partial charge on any atom is -0.338 e. The fraction of sp³-hybridized carbons (Fsp3) is 0.188. The largest absolute Gasteiger partial charge is 0.338 e. The van der Waals surface area contributed by atoms with E-state index in [1.807, 2.05) is 0 Å². The third kappa shape index (κ3) is 2.19. The molecule has 0 atom stereocenters. The number of fused-ring (bicyclic) bond motifs is 1. The van der Waals surface area contributed by atoms with Gasteiger partial charge in [-0.25, -0.2) is 4.98 Å². The van der Waals surface area contributed by atoms with Crippen molar-refractivity contribution < 1.29 is 0 Å². The van der Waals surface area contributed by atoms with E-state index < -0.39 is 0 Å². The van der Waals surface area contributed by atoms with Crippen molar-refractivity contribution in [1.29, 1.82) is 0 Å². The zero-order valence-corrected chi connectivity index (χ0v) is 12.8. The van der Waals surface area contributed by atoms with Gasteiger partial charge in [-0.2, -0.15) is 0 Å². The Bertz CT molecular complexity index is 772. The van der Waals surface area contributed by atoms with Crippen molar-refractivity contribution >= 4 is 27.0 Å². The average molecular weight is 315 g/mol.